The molecular formula is C32H37Cl2FN2O4S. The molecule has 5 rings (SSSR count). The van der Waals surface area contributed by atoms with E-state index in [0.717, 1.165) is 36.8 Å². The molecule has 1 N–H and O–H groups in total. The van der Waals surface area contributed by atoms with Crippen molar-refractivity contribution in [2.45, 2.75) is 63.5 Å². The van der Waals surface area contributed by atoms with E-state index in [-0.39, 0.29) is 23.8 Å². The molecule has 1 saturated carbocycles. The number of aliphatic carboxylic acids is 1. The summed E-state index contributed by atoms with van der Waals surface area (Å²) in [6, 6.07) is 23.6. The number of rotatable bonds is 8. The van der Waals surface area contributed by atoms with Crippen molar-refractivity contribution in [2.75, 3.05) is 17.5 Å². The molecule has 10 heteroatoms. The fourth-order valence-corrected chi connectivity index (χ4v) is 5.85. The Balaban J connectivity index is 0.000000371. The number of carbonyl (C=O) groups excluding carboxylic acids is 1. The number of ether oxygens (including phenoxy) is 1. The molecule has 2 aliphatic rings. The third-order valence-corrected chi connectivity index (χ3v) is 8.47. The van der Waals surface area contributed by atoms with E-state index in [2.05, 4.69) is 6.92 Å². The number of hydrogen-bond donors (Lipinski definition) is 1. The van der Waals surface area contributed by atoms with Gasteiger partial charge >= 0.3 is 0 Å². The van der Waals surface area contributed by atoms with Crippen molar-refractivity contribution in [3.8, 4) is 0 Å². The van der Waals surface area contributed by atoms with Crippen molar-refractivity contribution < 1.29 is 23.8 Å². The molecule has 0 aromatic heterocycles. The maximum absolute atomic E-state index is 14.7. The highest BCUT2D eigenvalue weighted by Gasteiger charge is 2.40. The molecule has 2 fully saturated rings. The molecule has 1 heterocycles. The van der Waals surface area contributed by atoms with Gasteiger partial charge < -0.3 is 19.0 Å². The summed E-state index contributed by atoms with van der Waals surface area (Å²) in [7, 11) is 0. The van der Waals surface area contributed by atoms with Gasteiger partial charge in [-0.25, -0.2) is 4.39 Å². The molecule has 0 spiro atoms. The molecule has 1 aliphatic carbocycles. The number of hydrogen-bond acceptors (Lipinski definition) is 5. The number of amides is 1. The Bertz CT molecular complexity index is 1280. The summed E-state index contributed by atoms with van der Waals surface area (Å²) in [6.45, 7) is 5.95. The van der Waals surface area contributed by atoms with E-state index in [1.807, 2.05) is 75.9 Å². The van der Waals surface area contributed by atoms with Crippen LogP contribution in [0.3, 0.4) is 0 Å². The third kappa shape index (κ3) is 10.5. The second-order valence-corrected chi connectivity index (χ2v) is 12.2. The van der Waals surface area contributed by atoms with E-state index in [1.165, 1.54) is 6.07 Å². The summed E-state index contributed by atoms with van der Waals surface area (Å²) in [4.78, 5) is 24.2. The van der Waals surface area contributed by atoms with Gasteiger partial charge in [0.25, 0.3) is 11.9 Å². The molecule has 3 aromatic rings. The van der Waals surface area contributed by atoms with E-state index >= 15 is 0 Å². The lowest BCUT2D eigenvalue weighted by Gasteiger charge is -2.44. The van der Waals surface area contributed by atoms with Gasteiger partial charge in [0.2, 0.25) is 0 Å². The zero-order valence-corrected chi connectivity index (χ0v) is 26.3. The predicted octanol–water partition coefficient (Wildman–Crippen LogP) is 8.29. The largest absolute Gasteiger partial charge is 0.481 e. The lowest BCUT2D eigenvalue weighted by molar-refractivity contribution is -0.162. The fraction of sp³-hybridized carbons (Fsp3) is 0.375. The molecule has 0 radical (unpaired) electrons. The lowest BCUT2D eigenvalue weighted by Crippen LogP contribution is -2.55. The number of para-hydroxylation sites is 1. The van der Waals surface area contributed by atoms with E-state index in [0.29, 0.717) is 29.1 Å². The summed E-state index contributed by atoms with van der Waals surface area (Å²) in [5.74, 6) is -1.09. The minimum absolute atomic E-state index is 0.0250. The van der Waals surface area contributed by atoms with Gasteiger partial charge in [-0.1, -0.05) is 72.6 Å². The zero-order valence-electron chi connectivity index (χ0n) is 24.0. The third-order valence-electron chi connectivity index (χ3n) is 6.59. The highest BCUT2D eigenvalue weighted by atomic mass is 35.5. The Labute approximate surface area is 261 Å². The highest BCUT2D eigenvalue weighted by Crippen LogP contribution is 2.40. The first-order valence-electron chi connectivity index (χ1n) is 13.9. The monoisotopic (exact) mass is 634 g/mol. The van der Waals surface area contributed by atoms with E-state index in [9.17, 15) is 9.18 Å². The van der Waals surface area contributed by atoms with Crippen LogP contribution >= 0.6 is 35.1 Å². The average Bonchev–Trinajstić information content (AvgIpc) is 3.78. The quantitative estimate of drug-likeness (QED) is 0.251. The molecular weight excluding hydrogens is 598 g/mol. The van der Waals surface area contributed by atoms with Gasteiger partial charge in [-0.15, -0.1) is 0 Å². The van der Waals surface area contributed by atoms with Gasteiger partial charge in [0, 0.05) is 22.2 Å². The number of morpholine rings is 1. The second kappa shape index (κ2) is 16.8. The molecule has 3 atom stereocenters. The summed E-state index contributed by atoms with van der Waals surface area (Å²) < 4.78 is 22.5. The van der Waals surface area contributed by atoms with Crippen molar-refractivity contribution in [2.24, 2.45) is 0 Å². The van der Waals surface area contributed by atoms with E-state index in [4.69, 9.17) is 37.8 Å². The molecule has 1 aliphatic heterocycles. The van der Waals surface area contributed by atoms with E-state index in [1.54, 1.807) is 24.9 Å². The average molecular weight is 636 g/mol. The number of carboxylic acids is 1. The minimum Gasteiger partial charge on any atom is -0.481 e. The van der Waals surface area contributed by atoms with Gasteiger partial charge in [-0.05, 0) is 80.1 Å². The molecule has 6 nitrogen and oxygen atoms in total. The van der Waals surface area contributed by atoms with Crippen molar-refractivity contribution in [1.29, 1.82) is 0 Å². The number of carboxylic acid groups (broad SMARTS) is 1. The maximum Gasteiger partial charge on any atom is 0.300 e. The maximum atomic E-state index is 14.7. The van der Waals surface area contributed by atoms with Crippen molar-refractivity contribution in [3.05, 3.63) is 100 Å². The van der Waals surface area contributed by atoms with Crippen LogP contribution in [0, 0.1) is 5.82 Å². The number of benzene rings is 3. The molecule has 0 bridgehead atoms. The van der Waals surface area contributed by atoms with Crippen molar-refractivity contribution in [3.63, 3.8) is 0 Å². The Kier molecular flexibility index (Phi) is 13.4. The number of nitrogens with zero attached hydrogens (tertiary/aromatic N) is 2. The SMILES string of the molecule is CC(=O)O.CCC(CN(SC1CC1)c1ccccc1F)N1C(=O)C(C)OCC1c1ccc(Cl)cc1.Clc1ccccc1. The minimum atomic E-state index is -0.833. The van der Waals surface area contributed by atoms with Gasteiger partial charge in [0.05, 0.1) is 30.9 Å². The molecule has 226 valence electrons. The molecule has 3 unspecified atom stereocenters. The first kappa shape index (κ1) is 33.7. The summed E-state index contributed by atoms with van der Waals surface area (Å²) in [6.07, 6.45) is 2.56. The molecule has 1 saturated heterocycles. The van der Waals surface area contributed by atoms with Gasteiger partial charge in [-0.2, -0.15) is 0 Å². The Morgan fingerprint density at radius 1 is 1.05 bits per heavy atom. The first-order valence-corrected chi connectivity index (χ1v) is 15.5. The molecule has 3 aromatic carbocycles. The van der Waals surface area contributed by atoms with Gasteiger partial charge in [-0.3, -0.25) is 9.59 Å². The first-order chi connectivity index (χ1) is 20.1. The highest BCUT2D eigenvalue weighted by molar-refractivity contribution is 8.01. The second-order valence-electron chi connectivity index (χ2n) is 9.98. The summed E-state index contributed by atoms with van der Waals surface area (Å²) in [5.41, 5.74) is 1.57. The lowest BCUT2D eigenvalue weighted by atomic mass is 9.99. The Hall–Kier alpha value is -2.78. The Morgan fingerprint density at radius 3 is 2.14 bits per heavy atom. The smallest absolute Gasteiger partial charge is 0.300 e. The predicted molar refractivity (Wildman–Crippen MR) is 170 cm³/mol. The summed E-state index contributed by atoms with van der Waals surface area (Å²) >= 11 is 13.3. The number of carbonyl (C=O) groups is 2. The van der Waals surface area contributed by atoms with Crippen LogP contribution in [0.1, 0.15) is 51.6 Å². The summed E-state index contributed by atoms with van der Waals surface area (Å²) in [5, 5.41) is 9.39. The van der Waals surface area contributed by atoms with Crippen LogP contribution in [0.15, 0.2) is 78.9 Å². The van der Waals surface area contributed by atoms with Crippen LogP contribution in [-0.4, -0.2) is 52.4 Å². The van der Waals surface area contributed by atoms with Gasteiger partial charge in [0.1, 0.15) is 11.9 Å². The molecule has 42 heavy (non-hydrogen) atoms. The van der Waals surface area contributed by atoms with Crippen LogP contribution in [0.4, 0.5) is 10.1 Å². The van der Waals surface area contributed by atoms with Crippen LogP contribution in [0.25, 0.3) is 0 Å². The molecule has 1 amide bonds. The normalized spacial score (nSPS) is 18.6. The van der Waals surface area contributed by atoms with Crippen LogP contribution in [-0.2, 0) is 14.3 Å². The Morgan fingerprint density at radius 2 is 1.62 bits per heavy atom. The van der Waals surface area contributed by atoms with Crippen molar-refractivity contribution in [1.82, 2.24) is 4.90 Å². The van der Waals surface area contributed by atoms with Crippen LogP contribution in [0.5, 0.6) is 0 Å². The van der Waals surface area contributed by atoms with Crippen LogP contribution < -0.4 is 4.31 Å². The van der Waals surface area contributed by atoms with Crippen molar-refractivity contribution >= 4 is 52.7 Å². The number of halogens is 3. The van der Waals surface area contributed by atoms with Gasteiger partial charge in [0.15, 0.2) is 0 Å². The topological polar surface area (TPSA) is 70.1 Å². The van der Waals surface area contributed by atoms with Crippen LogP contribution in [0.2, 0.25) is 10.0 Å². The van der Waals surface area contributed by atoms with E-state index < -0.39 is 12.1 Å². The standard InChI is InChI=1S/C24H28ClFN2O2S.C6H5Cl.C2H4O2/c1-3-19(14-27(31-20-12-13-20)22-7-5-4-6-21(22)26)28-23(15-30-16(2)24(28)29)17-8-10-18(25)11-9-17;7-6-4-2-1-3-5-6;1-2(3)4/h4-11,16,19-20,23H,3,12-15H2,1-2H3;1-5H;1H3,(H,3,4). The number of anilines is 1. The fourth-order valence-electron chi connectivity index (χ4n) is 4.35. The zero-order chi connectivity index (χ0) is 30.6.